The maximum Gasteiger partial charge on any atom is 0.271 e. The second kappa shape index (κ2) is 5.59. The smallest absolute Gasteiger partial charge is 0.271 e. The lowest BCUT2D eigenvalue weighted by Crippen LogP contribution is -2.21. The van der Waals surface area contributed by atoms with Gasteiger partial charge in [0.15, 0.2) is 0 Å². The minimum Gasteiger partial charge on any atom is -0.390 e. The lowest BCUT2D eigenvalue weighted by molar-refractivity contribution is -0.384. The average Bonchev–Trinajstić information content (AvgIpc) is 2.78. The van der Waals surface area contributed by atoms with Gasteiger partial charge in [0, 0.05) is 18.6 Å². The van der Waals surface area contributed by atoms with Crippen molar-refractivity contribution in [1.82, 2.24) is 0 Å². The first-order valence-corrected chi connectivity index (χ1v) is 7.32. The molecule has 2 aromatic carbocycles. The summed E-state index contributed by atoms with van der Waals surface area (Å²) in [6.07, 6.45) is 0.0281. The Kier molecular flexibility index (Phi) is 3.76. The summed E-state index contributed by atoms with van der Waals surface area (Å²) in [5, 5.41) is 24.7. The van der Waals surface area contributed by atoms with Crippen LogP contribution in [0, 0.1) is 17.0 Å². The lowest BCUT2D eigenvalue weighted by atomic mass is 10.1. The van der Waals surface area contributed by atoms with E-state index >= 15 is 0 Å². The number of nitro groups is 1. The van der Waals surface area contributed by atoms with E-state index < -0.39 is 11.0 Å². The van der Waals surface area contributed by atoms with Crippen molar-refractivity contribution in [1.29, 1.82) is 0 Å². The van der Waals surface area contributed by atoms with Crippen LogP contribution in [0.15, 0.2) is 36.4 Å². The minimum atomic E-state index is -0.553. The third-order valence-electron chi connectivity index (χ3n) is 3.99. The first-order valence-electron chi connectivity index (χ1n) is 6.94. The molecule has 0 unspecified atom stereocenters. The van der Waals surface area contributed by atoms with Crippen molar-refractivity contribution in [2.75, 3.05) is 5.32 Å². The van der Waals surface area contributed by atoms with Crippen LogP contribution in [0.4, 0.5) is 11.4 Å². The highest BCUT2D eigenvalue weighted by atomic mass is 35.5. The zero-order valence-electron chi connectivity index (χ0n) is 11.9. The Labute approximate surface area is 132 Å². The standard InChI is InChI=1S/C16H15ClN2O3/c1-9-6-11(19(21)22)8-13(17)15(9)18-16-12-5-3-2-4-10(12)7-14(16)20/h2-6,8,14,16,18,20H,7H2,1H3/t14-,16+/m1/s1. The normalized spacial score (nSPS) is 19.8. The highest BCUT2D eigenvalue weighted by Crippen LogP contribution is 2.38. The maximum atomic E-state index is 10.9. The van der Waals surface area contributed by atoms with E-state index in [9.17, 15) is 15.2 Å². The quantitative estimate of drug-likeness (QED) is 0.669. The number of anilines is 1. The zero-order valence-corrected chi connectivity index (χ0v) is 12.7. The zero-order chi connectivity index (χ0) is 15.9. The fourth-order valence-corrected chi connectivity index (χ4v) is 3.23. The number of aliphatic hydroxyl groups excluding tert-OH is 1. The topological polar surface area (TPSA) is 75.4 Å². The summed E-state index contributed by atoms with van der Waals surface area (Å²) in [7, 11) is 0. The molecule has 1 aliphatic rings. The largest absolute Gasteiger partial charge is 0.390 e. The van der Waals surface area contributed by atoms with Gasteiger partial charge in [-0.2, -0.15) is 0 Å². The molecule has 114 valence electrons. The van der Waals surface area contributed by atoms with E-state index in [0.29, 0.717) is 17.7 Å². The van der Waals surface area contributed by atoms with Gasteiger partial charge in [0.1, 0.15) is 0 Å². The monoisotopic (exact) mass is 318 g/mol. The van der Waals surface area contributed by atoms with Gasteiger partial charge < -0.3 is 10.4 Å². The van der Waals surface area contributed by atoms with E-state index in [0.717, 1.165) is 11.1 Å². The number of halogens is 1. The van der Waals surface area contributed by atoms with Crippen LogP contribution in [0.5, 0.6) is 0 Å². The predicted octanol–water partition coefficient (Wildman–Crippen LogP) is 3.63. The fourth-order valence-electron chi connectivity index (χ4n) is 2.92. The number of benzene rings is 2. The first-order chi connectivity index (χ1) is 10.5. The number of hydrogen-bond donors (Lipinski definition) is 2. The second-order valence-electron chi connectivity index (χ2n) is 5.47. The van der Waals surface area contributed by atoms with Crippen molar-refractivity contribution in [3.63, 3.8) is 0 Å². The van der Waals surface area contributed by atoms with Crippen molar-refractivity contribution < 1.29 is 10.0 Å². The molecule has 3 rings (SSSR count). The molecule has 22 heavy (non-hydrogen) atoms. The summed E-state index contributed by atoms with van der Waals surface area (Å²) in [5.74, 6) is 0. The molecule has 0 amide bonds. The van der Waals surface area contributed by atoms with E-state index in [4.69, 9.17) is 11.6 Å². The van der Waals surface area contributed by atoms with Gasteiger partial charge in [0.25, 0.3) is 5.69 Å². The Bertz CT molecular complexity index is 725. The summed E-state index contributed by atoms with van der Waals surface area (Å²) in [5.41, 5.74) is 3.39. The van der Waals surface area contributed by atoms with Crippen LogP contribution in [0.2, 0.25) is 5.02 Å². The Balaban J connectivity index is 1.96. The number of fused-ring (bicyclic) bond motifs is 1. The number of aliphatic hydroxyl groups is 1. The summed E-state index contributed by atoms with van der Waals surface area (Å²) >= 11 is 6.18. The Morgan fingerprint density at radius 1 is 1.36 bits per heavy atom. The molecule has 0 heterocycles. The van der Waals surface area contributed by atoms with Crippen LogP contribution >= 0.6 is 11.6 Å². The van der Waals surface area contributed by atoms with Crippen molar-refractivity contribution >= 4 is 23.0 Å². The van der Waals surface area contributed by atoms with Crippen LogP contribution in [0.3, 0.4) is 0 Å². The molecule has 2 atom stereocenters. The van der Waals surface area contributed by atoms with Crippen LogP contribution < -0.4 is 5.32 Å². The van der Waals surface area contributed by atoms with E-state index in [1.807, 2.05) is 24.3 Å². The molecule has 1 aliphatic carbocycles. The number of nitrogens with zero attached hydrogens (tertiary/aromatic N) is 1. The van der Waals surface area contributed by atoms with Gasteiger partial charge in [-0.15, -0.1) is 0 Å². The van der Waals surface area contributed by atoms with Gasteiger partial charge in [-0.25, -0.2) is 0 Å². The van der Waals surface area contributed by atoms with Gasteiger partial charge in [0.05, 0.1) is 27.8 Å². The number of nitro benzene ring substituents is 1. The summed E-state index contributed by atoms with van der Waals surface area (Å²) in [6.45, 7) is 1.76. The van der Waals surface area contributed by atoms with Gasteiger partial charge in [-0.05, 0) is 23.6 Å². The van der Waals surface area contributed by atoms with Crippen LogP contribution in [0.1, 0.15) is 22.7 Å². The molecule has 2 N–H and O–H groups in total. The molecule has 0 saturated heterocycles. The number of rotatable bonds is 3. The number of hydrogen-bond acceptors (Lipinski definition) is 4. The molecule has 0 spiro atoms. The molecule has 5 nitrogen and oxygen atoms in total. The highest BCUT2D eigenvalue weighted by Gasteiger charge is 2.31. The van der Waals surface area contributed by atoms with Crippen molar-refractivity contribution in [3.05, 3.63) is 68.2 Å². The van der Waals surface area contributed by atoms with E-state index in [-0.39, 0.29) is 16.8 Å². The molecular weight excluding hydrogens is 304 g/mol. The van der Waals surface area contributed by atoms with Crippen LogP contribution in [-0.2, 0) is 6.42 Å². The van der Waals surface area contributed by atoms with Gasteiger partial charge >= 0.3 is 0 Å². The summed E-state index contributed by atoms with van der Waals surface area (Å²) in [6, 6.07) is 10.4. The van der Waals surface area contributed by atoms with Crippen molar-refractivity contribution in [2.24, 2.45) is 0 Å². The number of aryl methyl sites for hydroxylation is 1. The van der Waals surface area contributed by atoms with Gasteiger partial charge in [-0.1, -0.05) is 35.9 Å². The summed E-state index contributed by atoms with van der Waals surface area (Å²) < 4.78 is 0. The Hall–Kier alpha value is -2.11. The number of non-ortho nitro benzene ring substituents is 1. The van der Waals surface area contributed by atoms with E-state index in [2.05, 4.69) is 5.32 Å². The average molecular weight is 319 g/mol. The molecule has 0 saturated carbocycles. The fraction of sp³-hybridized carbons (Fsp3) is 0.250. The SMILES string of the molecule is Cc1cc([N+](=O)[O-])cc(Cl)c1N[C@H]1c2ccccc2C[C@H]1O. The van der Waals surface area contributed by atoms with E-state index in [1.54, 1.807) is 6.92 Å². The molecule has 0 aromatic heterocycles. The molecule has 6 heteroatoms. The minimum absolute atomic E-state index is 0.0413. The molecular formula is C16H15ClN2O3. The Morgan fingerprint density at radius 2 is 2.09 bits per heavy atom. The van der Waals surface area contributed by atoms with Crippen LogP contribution in [-0.4, -0.2) is 16.1 Å². The van der Waals surface area contributed by atoms with Crippen LogP contribution in [0.25, 0.3) is 0 Å². The number of nitrogens with one attached hydrogen (secondary N) is 1. The van der Waals surface area contributed by atoms with Gasteiger partial charge in [0.2, 0.25) is 0 Å². The molecule has 2 aromatic rings. The molecule has 0 bridgehead atoms. The molecule has 0 fully saturated rings. The third kappa shape index (κ3) is 2.53. The second-order valence-corrected chi connectivity index (χ2v) is 5.88. The summed E-state index contributed by atoms with van der Waals surface area (Å²) in [4.78, 5) is 10.4. The predicted molar refractivity (Wildman–Crippen MR) is 85.4 cm³/mol. The van der Waals surface area contributed by atoms with E-state index in [1.165, 1.54) is 12.1 Å². The first kappa shape index (κ1) is 14.8. The lowest BCUT2D eigenvalue weighted by Gasteiger charge is -2.21. The van der Waals surface area contributed by atoms with Crippen molar-refractivity contribution in [2.45, 2.75) is 25.5 Å². The third-order valence-corrected chi connectivity index (χ3v) is 4.28. The van der Waals surface area contributed by atoms with Gasteiger partial charge in [-0.3, -0.25) is 10.1 Å². The molecule has 0 radical (unpaired) electrons. The highest BCUT2D eigenvalue weighted by molar-refractivity contribution is 6.33. The maximum absolute atomic E-state index is 10.9. The van der Waals surface area contributed by atoms with Crippen molar-refractivity contribution in [3.8, 4) is 0 Å². The molecule has 0 aliphatic heterocycles. The Morgan fingerprint density at radius 3 is 2.77 bits per heavy atom.